The second kappa shape index (κ2) is 13.1. The molecule has 1 aliphatic rings. The molecule has 0 spiro atoms. The van der Waals surface area contributed by atoms with Gasteiger partial charge in [0, 0.05) is 25.6 Å². The zero-order valence-corrected chi connectivity index (χ0v) is 22.0. The fourth-order valence-corrected chi connectivity index (χ4v) is 6.05. The van der Waals surface area contributed by atoms with Gasteiger partial charge in [-0.2, -0.15) is 16.1 Å². The number of hydrogen-bond donors (Lipinski definition) is 2. The average Bonchev–Trinajstić information content (AvgIpc) is 2.87. The van der Waals surface area contributed by atoms with E-state index in [1.54, 1.807) is 36.0 Å². The van der Waals surface area contributed by atoms with Gasteiger partial charge in [-0.3, -0.25) is 9.59 Å². The lowest BCUT2D eigenvalue weighted by Crippen LogP contribution is -2.50. The number of thioether (sulfide) groups is 1. The van der Waals surface area contributed by atoms with Crippen LogP contribution >= 0.6 is 11.8 Å². The van der Waals surface area contributed by atoms with Crippen molar-refractivity contribution in [3.05, 3.63) is 65.7 Å². The van der Waals surface area contributed by atoms with Gasteiger partial charge in [0.15, 0.2) is 0 Å². The second-order valence-corrected chi connectivity index (χ2v) is 11.8. The minimum Gasteiger partial charge on any atom is -0.354 e. The van der Waals surface area contributed by atoms with E-state index in [1.807, 2.05) is 43.5 Å². The zero-order chi connectivity index (χ0) is 25.3. The van der Waals surface area contributed by atoms with Crippen molar-refractivity contribution in [2.45, 2.75) is 43.5 Å². The molecule has 2 aromatic rings. The number of hydrogen-bond acceptors (Lipinski definition) is 5. The number of carbonyl (C=O) groups excluding carboxylic acids is 2. The molecule has 35 heavy (non-hydrogen) atoms. The lowest BCUT2D eigenvalue weighted by Gasteiger charge is -2.31. The summed E-state index contributed by atoms with van der Waals surface area (Å²) < 4.78 is 27.3. The number of nitrogens with zero attached hydrogens (tertiary/aromatic N) is 1. The van der Waals surface area contributed by atoms with Crippen molar-refractivity contribution in [1.29, 1.82) is 0 Å². The van der Waals surface area contributed by atoms with Gasteiger partial charge in [0.1, 0.15) is 6.04 Å². The van der Waals surface area contributed by atoms with Crippen molar-refractivity contribution in [3.63, 3.8) is 0 Å². The Balaban J connectivity index is 1.52. The van der Waals surface area contributed by atoms with Crippen LogP contribution in [-0.2, 0) is 26.0 Å². The Kier molecular flexibility index (Phi) is 10.2. The monoisotopic (exact) mass is 517 g/mol. The van der Waals surface area contributed by atoms with Crippen molar-refractivity contribution >= 4 is 33.6 Å². The molecular weight excluding hydrogens is 482 g/mol. The molecule has 7 nitrogen and oxygen atoms in total. The number of piperidine rings is 1. The smallest absolute Gasteiger partial charge is 0.243 e. The third-order valence-corrected chi connectivity index (χ3v) is 8.84. The molecule has 2 N–H and O–H groups in total. The van der Waals surface area contributed by atoms with Gasteiger partial charge in [0.2, 0.25) is 21.8 Å². The molecule has 0 aromatic heterocycles. The standard InChI is InChI=1S/C26H35N3O4S2/c1-20-8-10-23(11-9-20)35(32,33)29-17-13-22(14-18-29)25(30)28-24(15-19-34-2)26(31)27-16-12-21-6-4-3-5-7-21/h3-11,22,24H,12-19H2,1-2H3,(H,27,31)(H,28,30). The van der Waals surface area contributed by atoms with Gasteiger partial charge in [0.05, 0.1) is 4.90 Å². The van der Waals surface area contributed by atoms with Crippen molar-refractivity contribution in [2.75, 3.05) is 31.6 Å². The van der Waals surface area contributed by atoms with E-state index >= 15 is 0 Å². The van der Waals surface area contributed by atoms with Crippen LogP contribution in [0.2, 0.25) is 0 Å². The van der Waals surface area contributed by atoms with Crippen LogP contribution in [0.5, 0.6) is 0 Å². The van der Waals surface area contributed by atoms with E-state index in [-0.39, 0.29) is 35.7 Å². The molecule has 0 saturated carbocycles. The molecule has 0 aliphatic carbocycles. The van der Waals surface area contributed by atoms with Crippen molar-refractivity contribution in [3.8, 4) is 0 Å². The summed E-state index contributed by atoms with van der Waals surface area (Å²) in [6.45, 7) is 2.99. The Morgan fingerprint density at radius 2 is 1.71 bits per heavy atom. The highest BCUT2D eigenvalue weighted by molar-refractivity contribution is 7.98. The zero-order valence-electron chi connectivity index (χ0n) is 20.4. The van der Waals surface area contributed by atoms with E-state index in [0.29, 0.717) is 25.8 Å². The van der Waals surface area contributed by atoms with Crippen LogP contribution < -0.4 is 10.6 Å². The molecule has 2 amide bonds. The summed E-state index contributed by atoms with van der Waals surface area (Å²) in [7, 11) is -3.57. The molecule has 1 saturated heterocycles. The molecule has 1 heterocycles. The first-order chi connectivity index (χ1) is 16.8. The molecule has 1 fully saturated rings. The first-order valence-corrected chi connectivity index (χ1v) is 14.8. The number of carbonyl (C=O) groups is 2. The quantitative estimate of drug-likeness (QED) is 0.478. The molecule has 1 unspecified atom stereocenters. The highest BCUT2D eigenvalue weighted by Gasteiger charge is 2.33. The molecule has 0 bridgehead atoms. The van der Waals surface area contributed by atoms with Gasteiger partial charge in [-0.15, -0.1) is 0 Å². The number of aryl methyl sites for hydroxylation is 1. The Morgan fingerprint density at radius 3 is 2.34 bits per heavy atom. The summed E-state index contributed by atoms with van der Waals surface area (Å²) in [6, 6.07) is 16.1. The maximum Gasteiger partial charge on any atom is 0.243 e. The topological polar surface area (TPSA) is 95.6 Å². The van der Waals surface area contributed by atoms with Crippen molar-refractivity contribution in [1.82, 2.24) is 14.9 Å². The van der Waals surface area contributed by atoms with Crippen LogP contribution in [0.15, 0.2) is 59.5 Å². The van der Waals surface area contributed by atoms with Crippen molar-refractivity contribution in [2.24, 2.45) is 5.92 Å². The van der Waals surface area contributed by atoms with Crippen LogP contribution in [0, 0.1) is 12.8 Å². The Bertz CT molecular complexity index is 1070. The summed E-state index contributed by atoms with van der Waals surface area (Å²) in [6.07, 6.45) is 4.11. The molecule has 190 valence electrons. The van der Waals surface area contributed by atoms with Gasteiger partial charge in [0.25, 0.3) is 0 Å². The van der Waals surface area contributed by atoms with Crippen molar-refractivity contribution < 1.29 is 18.0 Å². The van der Waals surface area contributed by atoms with Gasteiger partial charge >= 0.3 is 0 Å². The molecular formula is C26H35N3O4S2. The predicted octanol–water partition coefficient (Wildman–Crippen LogP) is 2.99. The summed E-state index contributed by atoms with van der Waals surface area (Å²) in [5.41, 5.74) is 2.14. The summed E-state index contributed by atoms with van der Waals surface area (Å²) in [4.78, 5) is 26.0. The Labute approximate surface area is 213 Å². The van der Waals surface area contributed by atoms with E-state index in [1.165, 1.54) is 4.31 Å². The first kappa shape index (κ1) is 27.2. The largest absolute Gasteiger partial charge is 0.354 e. The molecule has 3 rings (SSSR count). The van der Waals surface area contributed by atoms with Gasteiger partial charge < -0.3 is 10.6 Å². The summed E-state index contributed by atoms with van der Waals surface area (Å²) in [5, 5.41) is 5.88. The molecule has 9 heteroatoms. The maximum atomic E-state index is 13.0. The van der Waals surface area contributed by atoms with Crippen LogP contribution in [-0.4, -0.2) is 62.2 Å². The number of nitrogens with one attached hydrogen (secondary N) is 2. The molecule has 0 radical (unpaired) electrons. The van der Waals surface area contributed by atoms with Crippen LogP contribution in [0.4, 0.5) is 0 Å². The number of benzene rings is 2. The van der Waals surface area contributed by atoms with E-state index < -0.39 is 16.1 Å². The number of amides is 2. The summed E-state index contributed by atoms with van der Waals surface area (Å²) >= 11 is 1.63. The third kappa shape index (κ3) is 7.81. The highest BCUT2D eigenvalue weighted by Crippen LogP contribution is 2.24. The third-order valence-electron chi connectivity index (χ3n) is 6.28. The van der Waals surface area contributed by atoms with E-state index in [9.17, 15) is 18.0 Å². The minimum absolute atomic E-state index is 0.178. The van der Waals surface area contributed by atoms with Gasteiger partial charge in [-0.1, -0.05) is 48.0 Å². The fraction of sp³-hybridized carbons (Fsp3) is 0.462. The van der Waals surface area contributed by atoms with E-state index in [0.717, 1.165) is 23.3 Å². The van der Waals surface area contributed by atoms with Crippen LogP contribution in [0.1, 0.15) is 30.4 Å². The Hall–Kier alpha value is -2.36. The molecule has 1 atom stereocenters. The number of sulfonamides is 1. The normalized spacial score (nSPS) is 15.9. The van der Waals surface area contributed by atoms with Gasteiger partial charge in [-0.25, -0.2) is 8.42 Å². The van der Waals surface area contributed by atoms with E-state index in [4.69, 9.17) is 0 Å². The number of rotatable bonds is 11. The first-order valence-electron chi connectivity index (χ1n) is 12.0. The fourth-order valence-electron chi connectivity index (χ4n) is 4.11. The molecule has 2 aromatic carbocycles. The highest BCUT2D eigenvalue weighted by atomic mass is 32.2. The van der Waals surface area contributed by atoms with Crippen LogP contribution in [0.3, 0.4) is 0 Å². The van der Waals surface area contributed by atoms with Gasteiger partial charge in [-0.05, 0) is 62.3 Å². The summed E-state index contributed by atoms with van der Waals surface area (Å²) in [5.74, 6) is 0.0855. The second-order valence-electron chi connectivity index (χ2n) is 8.86. The lowest BCUT2D eigenvalue weighted by molar-refractivity contribution is -0.131. The SMILES string of the molecule is CSCCC(NC(=O)C1CCN(S(=O)(=O)c2ccc(C)cc2)CC1)C(=O)NCCc1ccccc1. The maximum absolute atomic E-state index is 13.0. The Morgan fingerprint density at radius 1 is 1.06 bits per heavy atom. The lowest BCUT2D eigenvalue weighted by atomic mass is 9.96. The average molecular weight is 518 g/mol. The van der Waals surface area contributed by atoms with Crippen LogP contribution in [0.25, 0.3) is 0 Å². The van der Waals surface area contributed by atoms with E-state index in [2.05, 4.69) is 10.6 Å². The predicted molar refractivity (Wildman–Crippen MR) is 141 cm³/mol. The molecule has 1 aliphatic heterocycles. The minimum atomic E-state index is -3.57.